The van der Waals surface area contributed by atoms with Gasteiger partial charge in [-0.25, -0.2) is 25.6 Å². The van der Waals surface area contributed by atoms with Gasteiger partial charge in [-0.3, -0.25) is 4.72 Å². The first kappa shape index (κ1) is 21.4. The first-order valence-corrected chi connectivity index (χ1v) is 11.3. The van der Waals surface area contributed by atoms with Crippen LogP contribution in [0.4, 0.5) is 14.5 Å². The van der Waals surface area contributed by atoms with Gasteiger partial charge >= 0.3 is 0 Å². The van der Waals surface area contributed by atoms with E-state index in [1.54, 1.807) is 0 Å². The number of morpholine rings is 1. The number of rotatable bonds is 6. The lowest BCUT2D eigenvalue weighted by molar-refractivity contribution is 0.0729. The van der Waals surface area contributed by atoms with Crippen LogP contribution < -0.4 is 9.46 Å². The van der Waals surface area contributed by atoms with Crippen molar-refractivity contribution >= 4 is 25.7 Å². The van der Waals surface area contributed by atoms with Crippen molar-refractivity contribution in [3.8, 4) is 5.75 Å². The van der Waals surface area contributed by atoms with E-state index in [1.165, 1.54) is 23.5 Å². The molecule has 0 radical (unpaired) electrons. The Morgan fingerprint density at radius 1 is 1.00 bits per heavy atom. The monoisotopic (exact) mass is 448 g/mol. The van der Waals surface area contributed by atoms with Gasteiger partial charge in [-0.2, -0.15) is 4.31 Å². The van der Waals surface area contributed by atoms with Crippen molar-refractivity contribution in [2.75, 3.05) is 38.1 Å². The van der Waals surface area contributed by atoms with Crippen molar-refractivity contribution in [1.82, 2.24) is 4.31 Å². The van der Waals surface area contributed by atoms with E-state index in [-0.39, 0.29) is 42.6 Å². The molecule has 0 aromatic heterocycles. The fourth-order valence-corrected chi connectivity index (χ4v) is 5.45. The van der Waals surface area contributed by atoms with E-state index in [1.807, 2.05) is 0 Å². The first-order valence-electron chi connectivity index (χ1n) is 8.38. The Balaban J connectivity index is 1.98. The molecule has 1 aliphatic heterocycles. The molecule has 1 fully saturated rings. The lowest BCUT2D eigenvalue weighted by Gasteiger charge is -2.26. The van der Waals surface area contributed by atoms with Crippen LogP contribution in [0.3, 0.4) is 0 Å². The van der Waals surface area contributed by atoms with Gasteiger partial charge in [0.1, 0.15) is 22.3 Å². The summed E-state index contributed by atoms with van der Waals surface area (Å²) in [7, 11) is -7.07. The molecule has 1 aliphatic rings. The van der Waals surface area contributed by atoms with Crippen molar-refractivity contribution in [1.29, 1.82) is 0 Å². The fraction of sp³-hybridized carbons (Fsp3) is 0.294. The van der Waals surface area contributed by atoms with Gasteiger partial charge in [-0.1, -0.05) is 0 Å². The van der Waals surface area contributed by atoms with Crippen molar-refractivity contribution in [2.45, 2.75) is 9.79 Å². The Labute approximate surface area is 167 Å². The smallest absolute Gasteiger partial charge is 0.262 e. The number of anilines is 1. The van der Waals surface area contributed by atoms with Gasteiger partial charge < -0.3 is 9.47 Å². The minimum absolute atomic E-state index is 0.0243. The average Bonchev–Trinajstić information content (AvgIpc) is 2.67. The predicted octanol–water partition coefficient (Wildman–Crippen LogP) is 1.80. The number of nitrogens with one attached hydrogen (secondary N) is 1. The zero-order valence-corrected chi connectivity index (χ0v) is 16.9. The molecule has 2 aromatic rings. The van der Waals surface area contributed by atoms with E-state index in [0.29, 0.717) is 18.2 Å². The quantitative estimate of drug-likeness (QED) is 0.723. The molecule has 3 rings (SSSR count). The SMILES string of the molecule is COc1ccc(NS(=O)(=O)c2cc(F)cc(F)c2)cc1S(=O)(=O)N1CCOCC1. The number of ether oxygens (including phenoxy) is 2. The summed E-state index contributed by atoms with van der Waals surface area (Å²) in [5.41, 5.74) is -0.109. The van der Waals surface area contributed by atoms with Gasteiger partial charge in [-0.05, 0) is 30.3 Å². The Morgan fingerprint density at radius 2 is 1.62 bits per heavy atom. The summed E-state index contributed by atoms with van der Waals surface area (Å²) in [5.74, 6) is -2.09. The molecule has 1 heterocycles. The highest BCUT2D eigenvalue weighted by Gasteiger charge is 2.30. The molecule has 12 heteroatoms. The third-order valence-corrected chi connectivity index (χ3v) is 7.43. The molecule has 0 saturated carbocycles. The summed E-state index contributed by atoms with van der Waals surface area (Å²) in [5, 5.41) is 0. The van der Waals surface area contributed by atoms with Crippen LogP contribution in [0.25, 0.3) is 0 Å². The van der Waals surface area contributed by atoms with Crippen LogP contribution in [-0.4, -0.2) is 54.6 Å². The number of sulfonamides is 2. The van der Waals surface area contributed by atoms with Gasteiger partial charge in [0.05, 0.1) is 30.9 Å². The number of nitrogens with zero attached hydrogens (tertiary/aromatic N) is 1. The molecule has 0 amide bonds. The van der Waals surface area contributed by atoms with Crippen LogP contribution >= 0.6 is 0 Å². The van der Waals surface area contributed by atoms with Crippen molar-refractivity contribution in [3.63, 3.8) is 0 Å². The lowest BCUT2D eigenvalue weighted by atomic mass is 10.3. The lowest BCUT2D eigenvalue weighted by Crippen LogP contribution is -2.40. The highest BCUT2D eigenvalue weighted by Crippen LogP contribution is 2.31. The van der Waals surface area contributed by atoms with E-state index < -0.39 is 36.6 Å². The Kier molecular flexibility index (Phi) is 6.08. The Morgan fingerprint density at radius 3 is 2.21 bits per heavy atom. The summed E-state index contributed by atoms with van der Waals surface area (Å²) in [6.07, 6.45) is 0. The second kappa shape index (κ2) is 8.22. The van der Waals surface area contributed by atoms with Gasteiger partial charge in [0, 0.05) is 19.2 Å². The molecule has 1 saturated heterocycles. The topological polar surface area (TPSA) is 102 Å². The third-order valence-electron chi connectivity index (χ3n) is 4.15. The molecule has 0 bridgehead atoms. The van der Waals surface area contributed by atoms with Gasteiger partial charge in [-0.15, -0.1) is 0 Å². The maximum atomic E-state index is 13.4. The maximum absolute atomic E-state index is 13.4. The number of hydrogen-bond donors (Lipinski definition) is 1. The van der Waals surface area contributed by atoms with Crippen molar-refractivity contribution < 1.29 is 35.1 Å². The van der Waals surface area contributed by atoms with E-state index in [4.69, 9.17) is 9.47 Å². The standard InChI is InChI=1S/C17H18F2N2O6S2/c1-26-16-3-2-14(11-17(16)29(24,25)21-4-6-27-7-5-21)20-28(22,23)15-9-12(18)8-13(19)10-15/h2-3,8-11,20H,4-7H2,1H3. The summed E-state index contributed by atoms with van der Waals surface area (Å²) >= 11 is 0. The molecule has 0 aliphatic carbocycles. The highest BCUT2D eigenvalue weighted by molar-refractivity contribution is 7.92. The summed E-state index contributed by atoms with van der Waals surface area (Å²) in [4.78, 5) is -0.879. The first-order chi connectivity index (χ1) is 13.6. The minimum Gasteiger partial charge on any atom is -0.495 e. The molecule has 1 N–H and O–H groups in total. The van der Waals surface area contributed by atoms with Gasteiger partial charge in [0.15, 0.2) is 0 Å². The van der Waals surface area contributed by atoms with Crippen LogP contribution in [0.15, 0.2) is 46.2 Å². The zero-order valence-electron chi connectivity index (χ0n) is 15.3. The van der Waals surface area contributed by atoms with Gasteiger partial charge in [0.2, 0.25) is 10.0 Å². The number of benzene rings is 2. The normalized spacial score (nSPS) is 15.8. The van der Waals surface area contributed by atoms with Crippen LogP contribution in [0, 0.1) is 11.6 Å². The average molecular weight is 448 g/mol. The van der Waals surface area contributed by atoms with Crippen LogP contribution in [0.2, 0.25) is 0 Å². The largest absolute Gasteiger partial charge is 0.495 e. The Hall–Kier alpha value is -2.28. The summed E-state index contributed by atoms with van der Waals surface area (Å²) in [6, 6.07) is 5.51. The molecular formula is C17H18F2N2O6S2. The van der Waals surface area contributed by atoms with E-state index in [9.17, 15) is 25.6 Å². The van der Waals surface area contributed by atoms with Crippen LogP contribution in [-0.2, 0) is 24.8 Å². The molecule has 0 unspecified atom stereocenters. The van der Waals surface area contributed by atoms with Crippen LogP contribution in [0.1, 0.15) is 0 Å². The molecule has 0 atom stereocenters. The second-order valence-corrected chi connectivity index (χ2v) is 9.68. The third kappa shape index (κ3) is 4.66. The molecule has 29 heavy (non-hydrogen) atoms. The number of hydrogen-bond acceptors (Lipinski definition) is 6. The van der Waals surface area contributed by atoms with E-state index in [0.717, 1.165) is 6.07 Å². The van der Waals surface area contributed by atoms with Crippen molar-refractivity contribution in [3.05, 3.63) is 48.0 Å². The second-order valence-electron chi connectivity index (χ2n) is 6.09. The van der Waals surface area contributed by atoms with Crippen molar-refractivity contribution in [2.24, 2.45) is 0 Å². The fourth-order valence-electron chi connectivity index (χ4n) is 2.77. The minimum atomic E-state index is -4.36. The molecule has 158 valence electrons. The molecular weight excluding hydrogens is 430 g/mol. The predicted molar refractivity (Wildman–Crippen MR) is 99.7 cm³/mol. The molecule has 8 nitrogen and oxygen atoms in total. The maximum Gasteiger partial charge on any atom is 0.262 e. The summed E-state index contributed by atoms with van der Waals surface area (Å²) < 4.78 is 91.2. The highest BCUT2D eigenvalue weighted by atomic mass is 32.2. The number of methoxy groups -OCH3 is 1. The van der Waals surface area contributed by atoms with E-state index >= 15 is 0 Å². The van der Waals surface area contributed by atoms with Gasteiger partial charge in [0.25, 0.3) is 10.0 Å². The molecule has 2 aromatic carbocycles. The molecule has 0 spiro atoms. The van der Waals surface area contributed by atoms with E-state index in [2.05, 4.69) is 4.72 Å². The summed E-state index contributed by atoms with van der Waals surface area (Å²) in [6.45, 7) is 0.756. The van der Waals surface area contributed by atoms with Crippen LogP contribution in [0.5, 0.6) is 5.75 Å². The zero-order chi connectivity index (χ0) is 21.2. The Bertz CT molecular complexity index is 1100. The number of halogens is 2.